The van der Waals surface area contributed by atoms with Crippen LogP contribution in [0, 0.1) is 6.92 Å². The summed E-state index contributed by atoms with van der Waals surface area (Å²) in [5.74, 6) is -0.0775. The summed E-state index contributed by atoms with van der Waals surface area (Å²) in [7, 11) is 5.82. The summed E-state index contributed by atoms with van der Waals surface area (Å²) in [6, 6.07) is 1.71. The SMILES string of the molecule is Cc1cc(Cl)c(C(=O)N(C)CCCN(C)C)cn1. The molecule has 0 unspecified atom stereocenters. The lowest BCUT2D eigenvalue weighted by molar-refractivity contribution is 0.0790. The van der Waals surface area contributed by atoms with Crippen molar-refractivity contribution in [1.82, 2.24) is 14.8 Å². The molecule has 5 heteroatoms. The fourth-order valence-electron chi connectivity index (χ4n) is 1.62. The highest BCUT2D eigenvalue weighted by molar-refractivity contribution is 6.33. The van der Waals surface area contributed by atoms with Crippen LogP contribution in [-0.4, -0.2) is 54.9 Å². The van der Waals surface area contributed by atoms with Gasteiger partial charge in [0.25, 0.3) is 5.91 Å². The number of hydrogen-bond acceptors (Lipinski definition) is 3. The van der Waals surface area contributed by atoms with Crippen molar-refractivity contribution in [2.75, 3.05) is 34.2 Å². The van der Waals surface area contributed by atoms with E-state index in [9.17, 15) is 4.79 Å². The summed E-state index contributed by atoms with van der Waals surface area (Å²) in [6.45, 7) is 3.51. The van der Waals surface area contributed by atoms with Crippen LogP contribution in [0.5, 0.6) is 0 Å². The van der Waals surface area contributed by atoms with Crippen molar-refractivity contribution in [2.24, 2.45) is 0 Å². The second-order valence-electron chi connectivity index (χ2n) is 4.69. The second-order valence-corrected chi connectivity index (χ2v) is 5.10. The van der Waals surface area contributed by atoms with E-state index in [-0.39, 0.29) is 5.91 Å². The Morgan fingerprint density at radius 1 is 1.33 bits per heavy atom. The van der Waals surface area contributed by atoms with E-state index < -0.39 is 0 Å². The number of carbonyl (C=O) groups excluding carboxylic acids is 1. The molecular formula is C13H20ClN3O. The fourth-order valence-corrected chi connectivity index (χ4v) is 1.90. The quantitative estimate of drug-likeness (QED) is 0.821. The Hall–Kier alpha value is -1.13. The number of nitrogens with zero attached hydrogens (tertiary/aromatic N) is 3. The van der Waals surface area contributed by atoms with E-state index in [1.807, 2.05) is 21.0 Å². The van der Waals surface area contributed by atoms with E-state index in [4.69, 9.17) is 11.6 Å². The molecule has 0 aliphatic heterocycles. The molecule has 0 aliphatic rings. The molecule has 0 bridgehead atoms. The van der Waals surface area contributed by atoms with Crippen LogP contribution in [0.3, 0.4) is 0 Å². The number of hydrogen-bond donors (Lipinski definition) is 0. The van der Waals surface area contributed by atoms with Crippen LogP contribution in [0.4, 0.5) is 0 Å². The van der Waals surface area contributed by atoms with Crippen molar-refractivity contribution in [3.8, 4) is 0 Å². The molecule has 0 atom stereocenters. The first-order chi connectivity index (χ1) is 8.41. The monoisotopic (exact) mass is 269 g/mol. The Morgan fingerprint density at radius 3 is 2.56 bits per heavy atom. The third-order valence-electron chi connectivity index (χ3n) is 2.67. The van der Waals surface area contributed by atoms with Gasteiger partial charge in [-0.1, -0.05) is 11.6 Å². The summed E-state index contributed by atoms with van der Waals surface area (Å²) in [5, 5.41) is 0.465. The molecule has 100 valence electrons. The Balaban J connectivity index is 2.63. The minimum absolute atomic E-state index is 0.0775. The van der Waals surface area contributed by atoms with Crippen LogP contribution >= 0.6 is 11.6 Å². The summed E-state index contributed by atoms with van der Waals surface area (Å²) < 4.78 is 0. The molecule has 1 heterocycles. The zero-order valence-electron chi connectivity index (χ0n) is 11.4. The number of aryl methyl sites for hydroxylation is 1. The average Bonchev–Trinajstić information content (AvgIpc) is 2.27. The molecule has 0 saturated heterocycles. The highest BCUT2D eigenvalue weighted by Gasteiger charge is 2.15. The van der Waals surface area contributed by atoms with Gasteiger partial charge in [0.15, 0.2) is 0 Å². The molecule has 1 aromatic heterocycles. The van der Waals surface area contributed by atoms with Gasteiger partial charge in [-0.25, -0.2) is 0 Å². The van der Waals surface area contributed by atoms with Gasteiger partial charge in [-0.2, -0.15) is 0 Å². The van der Waals surface area contributed by atoms with Gasteiger partial charge in [0.05, 0.1) is 10.6 Å². The number of pyridine rings is 1. The van der Waals surface area contributed by atoms with Crippen molar-refractivity contribution in [3.63, 3.8) is 0 Å². The second kappa shape index (κ2) is 6.71. The summed E-state index contributed by atoms with van der Waals surface area (Å²) in [4.78, 5) is 20.0. The standard InChI is InChI=1S/C13H20ClN3O/c1-10-8-12(14)11(9-15-10)13(18)17(4)7-5-6-16(2)3/h8-9H,5-7H2,1-4H3. The molecule has 0 aromatic carbocycles. The van der Waals surface area contributed by atoms with Crippen molar-refractivity contribution < 1.29 is 4.79 Å². The van der Waals surface area contributed by atoms with Gasteiger partial charge in [-0.05, 0) is 40.1 Å². The number of amides is 1. The smallest absolute Gasteiger partial charge is 0.256 e. The maximum atomic E-state index is 12.1. The highest BCUT2D eigenvalue weighted by atomic mass is 35.5. The van der Waals surface area contributed by atoms with E-state index >= 15 is 0 Å². The Kier molecular flexibility index (Phi) is 5.56. The van der Waals surface area contributed by atoms with E-state index in [1.54, 1.807) is 24.2 Å². The number of halogens is 1. The van der Waals surface area contributed by atoms with Crippen LogP contribution in [0.2, 0.25) is 5.02 Å². The van der Waals surface area contributed by atoms with Crippen molar-refractivity contribution >= 4 is 17.5 Å². The third kappa shape index (κ3) is 4.27. The molecule has 1 aromatic rings. The number of aromatic nitrogens is 1. The fraction of sp³-hybridized carbons (Fsp3) is 0.538. The molecule has 18 heavy (non-hydrogen) atoms. The zero-order valence-corrected chi connectivity index (χ0v) is 12.2. The Labute approximate surface area is 114 Å². The first-order valence-electron chi connectivity index (χ1n) is 5.94. The van der Waals surface area contributed by atoms with Gasteiger partial charge in [-0.15, -0.1) is 0 Å². The van der Waals surface area contributed by atoms with Crippen molar-refractivity contribution in [3.05, 3.63) is 28.5 Å². The molecule has 1 rings (SSSR count). The zero-order chi connectivity index (χ0) is 13.7. The van der Waals surface area contributed by atoms with Gasteiger partial charge < -0.3 is 9.80 Å². The Morgan fingerprint density at radius 2 is 2.00 bits per heavy atom. The lowest BCUT2D eigenvalue weighted by atomic mass is 10.2. The van der Waals surface area contributed by atoms with Gasteiger partial charge in [0.1, 0.15) is 0 Å². The molecule has 0 spiro atoms. The molecule has 0 fully saturated rings. The topological polar surface area (TPSA) is 36.4 Å². The lowest BCUT2D eigenvalue weighted by Crippen LogP contribution is -2.30. The third-order valence-corrected chi connectivity index (χ3v) is 2.98. The molecule has 1 amide bonds. The first-order valence-corrected chi connectivity index (χ1v) is 6.32. The molecule has 0 radical (unpaired) electrons. The van der Waals surface area contributed by atoms with Gasteiger partial charge in [0.2, 0.25) is 0 Å². The van der Waals surface area contributed by atoms with Crippen molar-refractivity contribution in [2.45, 2.75) is 13.3 Å². The molecule has 0 aliphatic carbocycles. The number of rotatable bonds is 5. The lowest BCUT2D eigenvalue weighted by Gasteiger charge is -2.19. The summed E-state index contributed by atoms with van der Waals surface area (Å²) in [6.07, 6.45) is 2.48. The molecule has 0 saturated carbocycles. The molecule has 4 nitrogen and oxygen atoms in total. The minimum atomic E-state index is -0.0775. The summed E-state index contributed by atoms with van der Waals surface area (Å²) in [5.41, 5.74) is 1.28. The van der Waals surface area contributed by atoms with E-state index in [1.165, 1.54) is 0 Å². The largest absolute Gasteiger partial charge is 0.342 e. The van der Waals surface area contributed by atoms with Crippen LogP contribution < -0.4 is 0 Å². The van der Waals surface area contributed by atoms with Crippen LogP contribution in [0.15, 0.2) is 12.3 Å². The van der Waals surface area contributed by atoms with Gasteiger partial charge >= 0.3 is 0 Å². The normalized spacial score (nSPS) is 10.8. The predicted molar refractivity (Wildman–Crippen MR) is 74.1 cm³/mol. The highest BCUT2D eigenvalue weighted by Crippen LogP contribution is 2.17. The number of carbonyl (C=O) groups is 1. The van der Waals surface area contributed by atoms with E-state index in [0.29, 0.717) is 17.1 Å². The maximum absolute atomic E-state index is 12.1. The minimum Gasteiger partial charge on any atom is -0.342 e. The first kappa shape index (κ1) is 14.9. The van der Waals surface area contributed by atoms with Gasteiger partial charge in [0, 0.05) is 25.5 Å². The van der Waals surface area contributed by atoms with Gasteiger partial charge in [-0.3, -0.25) is 9.78 Å². The maximum Gasteiger partial charge on any atom is 0.256 e. The Bertz CT molecular complexity index is 421. The molecular weight excluding hydrogens is 250 g/mol. The predicted octanol–water partition coefficient (Wildman–Crippen LogP) is 2.07. The van der Waals surface area contributed by atoms with Crippen LogP contribution in [0.25, 0.3) is 0 Å². The van der Waals surface area contributed by atoms with E-state index in [0.717, 1.165) is 18.7 Å². The average molecular weight is 270 g/mol. The van der Waals surface area contributed by atoms with Crippen LogP contribution in [0.1, 0.15) is 22.5 Å². The van der Waals surface area contributed by atoms with Crippen molar-refractivity contribution in [1.29, 1.82) is 0 Å². The molecule has 0 N–H and O–H groups in total. The van der Waals surface area contributed by atoms with Crippen LogP contribution in [-0.2, 0) is 0 Å². The van der Waals surface area contributed by atoms with E-state index in [2.05, 4.69) is 9.88 Å². The summed E-state index contributed by atoms with van der Waals surface area (Å²) >= 11 is 6.06.